The van der Waals surface area contributed by atoms with Crippen molar-refractivity contribution in [3.05, 3.63) is 35.4 Å². The fraction of sp³-hybridized carbons (Fsp3) is 0.500. The Hall–Kier alpha value is -0.820. The number of nitrogens with two attached hydrogens (primary N) is 1. The van der Waals surface area contributed by atoms with Crippen molar-refractivity contribution in [2.45, 2.75) is 32.6 Å². The Balaban J connectivity index is 2.56. The van der Waals surface area contributed by atoms with E-state index in [2.05, 4.69) is 31.2 Å². The minimum Gasteiger partial charge on any atom is -0.330 e. The molecule has 0 saturated heterocycles. The van der Waals surface area contributed by atoms with E-state index in [-0.39, 0.29) is 0 Å². The first-order valence-electron chi connectivity index (χ1n) is 5.14. The highest BCUT2D eigenvalue weighted by molar-refractivity contribution is 5.23. The fourth-order valence-corrected chi connectivity index (χ4v) is 1.54. The largest absolute Gasteiger partial charge is 0.330 e. The number of hydrogen-bond donors (Lipinski definition) is 1. The molecule has 0 bridgehead atoms. The van der Waals surface area contributed by atoms with Gasteiger partial charge in [0.2, 0.25) is 0 Å². The second-order valence-corrected chi connectivity index (χ2v) is 3.46. The van der Waals surface area contributed by atoms with E-state index in [0.29, 0.717) is 0 Å². The van der Waals surface area contributed by atoms with Gasteiger partial charge in [0.25, 0.3) is 0 Å². The van der Waals surface area contributed by atoms with Gasteiger partial charge in [-0.3, -0.25) is 0 Å². The highest BCUT2D eigenvalue weighted by Gasteiger charge is 1.94. The van der Waals surface area contributed by atoms with Crippen molar-refractivity contribution in [3.8, 4) is 0 Å². The van der Waals surface area contributed by atoms with Crippen LogP contribution in [0, 0.1) is 0 Å². The van der Waals surface area contributed by atoms with Crippen molar-refractivity contribution in [1.29, 1.82) is 0 Å². The molecule has 1 aromatic carbocycles. The molecule has 0 amide bonds. The van der Waals surface area contributed by atoms with E-state index in [4.69, 9.17) is 5.73 Å². The molecule has 0 radical (unpaired) electrons. The van der Waals surface area contributed by atoms with Gasteiger partial charge in [-0.05, 0) is 36.9 Å². The van der Waals surface area contributed by atoms with E-state index >= 15 is 0 Å². The third-order valence-electron chi connectivity index (χ3n) is 2.20. The van der Waals surface area contributed by atoms with E-state index in [1.807, 2.05) is 0 Å². The number of rotatable bonds is 5. The summed E-state index contributed by atoms with van der Waals surface area (Å²) >= 11 is 0. The summed E-state index contributed by atoms with van der Waals surface area (Å²) in [5.74, 6) is 0. The lowest BCUT2D eigenvalue weighted by Crippen LogP contribution is -2.00. The van der Waals surface area contributed by atoms with Crippen LogP contribution >= 0.6 is 0 Å². The smallest absolute Gasteiger partial charge is 0.00741 e. The summed E-state index contributed by atoms with van der Waals surface area (Å²) in [5.41, 5.74) is 8.36. The molecule has 2 N–H and O–H groups in total. The van der Waals surface area contributed by atoms with Crippen LogP contribution in [-0.4, -0.2) is 6.54 Å². The number of hydrogen-bond acceptors (Lipinski definition) is 1. The molecular formula is C12H19N. The molecule has 0 heterocycles. The van der Waals surface area contributed by atoms with Crippen molar-refractivity contribution in [2.75, 3.05) is 6.54 Å². The summed E-state index contributed by atoms with van der Waals surface area (Å²) in [6.07, 6.45) is 4.63. The zero-order valence-electron chi connectivity index (χ0n) is 8.42. The Morgan fingerprint density at radius 3 is 2.46 bits per heavy atom. The van der Waals surface area contributed by atoms with Crippen molar-refractivity contribution < 1.29 is 0 Å². The van der Waals surface area contributed by atoms with Gasteiger partial charge >= 0.3 is 0 Å². The summed E-state index contributed by atoms with van der Waals surface area (Å²) in [4.78, 5) is 0. The quantitative estimate of drug-likeness (QED) is 0.735. The standard InChI is InChI=1S/C12H19N/c1-2-5-11-6-3-7-12(10-11)8-4-9-13/h3,6-7,10H,2,4-5,8-9,13H2,1H3. The fourth-order valence-electron chi connectivity index (χ4n) is 1.54. The SMILES string of the molecule is CCCc1cccc(CCCN)c1. The zero-order chi connectivity index (χ0) is 9.52. The van der Waals surface area contributed by atoms with Crippen LogP contribution in [0.2, 0.25) is 0 Å². The highest BCUT2D eigenvalue weighted by atomic mass is 14.5. The molecule has 0 spiro atoms. The molecule has 1 nitrogen and oxygen atoms in total. The summed E-state index contributed by atoms with van der Waals surface area (Å²) in [6.45, 7) is 3.00. The lowest BCUT2D eigenvalue weighted by Gasteiger charge is -2.03. The molecule has 72 valence electrons. The monoisotopic (exact) mass is 177 g/mol. The van der Waals surface area contributed by atoms with Crippen molar-refractivity contribution >= 4 is 0 Å². The van der Waals surface area contributed by atoms with Crippen molar-refractivity contribution in [3.63, 3.8) is 0 Å². The van der Waals surface area contributed by atoms with Crippen molar-refractivity contribution in [1.82, 2.24) is 0 Å². The second-order valence-electron chi connectivity index (χ2n) is 3.46. The maximum atomic E-state index is 5.47. The maximum Gasteiger partial charge on any atom is -0.00741 e. The Labute approximate surface area is 81.0 Å². The maximum absolute atomic E-state index is 5.47. The molecule has 0 aliphatic carbocycles. The zero-order valence-corrected chi connectivity index (χ0v) is 8.42. The first-order chi connectivity index (χ1) is 6.36. The molecule has 0 atom stereocenters. The summed E-state index contributed by atoms with van der Waals surface area (Å²) < 4.78 is 0. The van der Waals surface area contributed by atoms with E-state index in [1.54, 1.807) is 0 Å². The third-order valence-corrected chi connectivity index (χ3v) is 2.20. The predicted octanol–water partition coefficient (Wildman–Crippen LogP) is 2.53. The molecule has 0 fully saturated rings. The van der Waals surface area contributed by atoms with Crippen LogP contribution in [0.25, 0.3) is 0 Å². The van der Waals surface area contributed by atoms with Crippen LogP contribution in [-0.2, 0) is 12.8 Å². The second kappa shape index (κ2) is 5.76. The van der Waals surface area contributed by atoms with Gasteiger partial charge in [0.05, 0.1) is 0 Å². The Morgan fingerprint density at radius 1 is 1.15 bits per heavy atom. The van der Waals surface area contributed by atoms with Gasteiger partial charge in [0, 0.05) is 0 Å². The van der Waals surface area contributed by atoms with Crippen LogP contribution in [0.15, 0.2) is 24.3 Å². The summed E-state index contributed by atoms with van der Waals surface area (Å²) in [6, 6.07) is 8.85. The predicted molar refractivity (Wildman–Crippen MR) is 57.8 cm³/mol. The van der Waals surface area contributed by atoms with E-state index in [9.17, 15) is 0 Å². The van der Waals surface area contributed by atoms with Gasteiger partial charge in [-0.25, -0.2) is 0 Å². The average Bonchev–Trinajstić information content (AvgIpc) is 2.16. The first-order valence-corrected chi connectivity index (χ1v) is 5.14. The van der Waals surface area contributed by atoms with E-state index in [0.717, 1.165) is 19.4 Å². The van der Waals surface area contributed by atoms with Crippen LogP contribution in [0.1, 0.15) is 30.9 Å². The molecule has 0 aliphatic rings. The van der Waals surface area contributed by atoms with Gasteiger partial charge < -0.3 is 5.73 Å². The van der Waals surface area contributed by atoms with Gasteiger partial charge in [-0.15, -0.1) is 0 Å². The molecule has 1 heteroatoms. The van der Waals surface area contributed by atoms with Crippen LogP contribution < -0.4 is 5.73 Å². The van der Waals surface area contributed by atoms with Crippen LogP contribution in [0.3, 0.4) is 0 Å². The van der Waals surface area contributed by atoms with E-state index < -0.39 is 0 Å². The minimum absolute atomic E-state index is 0.790. The molecule has 13 heavy (non-hydrogen) atoms. The first kappa shape index (κ1) is 10.3. The third kappa shape index (κ3) is 3.60. The Bertz CT molecular complexity index is 243. The summed E-state index contributed by atoms with van der Waals surface area (Å²) in [5, 5.41) is 0. The molecule has 0 aliphatic heterocycles. The lowest BCUT2D eigenvalue weighted by molar-refractivity contribution is 0.828. The number of aryl methyl sites for hydroxylation is 2. The molecule has 1 aromatic rings. The molecule has 0 unspecified atom stereocenters. The van der Waals surface area contributed by atoms with Gasteiger partial charge in [-0.1, -0.05) is 37.6 Å². The van der Waals surface area contributed by atoms with Crippen LogP contribution in [0.4, 0.5) is 0 Å². The van der Waals surface area contributed by atoms with E-state index in [1.165, 1.54) is 24.0 Å². The van der Waals surface area contributed by atoms with Gasteiger partial charge in [-0.2, -0.15) is 0 Å². The van der Waals surface area contributed by atoms with Crippen molar-refractivity contribution in [2.24, 2.45) is 5.73 Å². The molecular weight excluding hydrogens is 158 g/mol. The van der Waals surface area contributed by atoms with Gasteiger partial charge in [0.15, 0.2) is 0 Å². The topological polar surface area (TPSA) is 26.0 Å². The molecule has 1 rings (SSSR count). The molecule has 0 saturated carbocycles. The normalized spacial score (nSPS) is 10.3. The lowest BCUT2D eigenvalue weighted by atomic mass is 10.0. The van der Waals surface area contributed by atoms with Gasteiger partial charge in [0.1, 0.15) is 0 Å². The minimum atomic E-state index is 0.790. The average molecular weight is 177 g/mol. The summed E-state index contributed by atoms with van der Waals surface area (Å²) in [7, 11) is 0. The Kier molecular flexibility index (Phi) is 4.55. The Morgan fingerprint density at radius 2 is 1.85 bits per heavy atom. The highest BCUT2D eigenvalue weighted by Crippen LogP contribution is 2.08. The van der Waals surface area contributed by atoms with Crippen LogP contribution in [0.5, 0.6) is 0 Å². The number of benzene rings is 1. The molecule has 0 aromatic heterocycles.